The van der Waals surface area contributed by atoms with Gasteiger partial charge < -0.3 is 4.90 Å². The molecule has 0 saturated carbocycles. The monoisotopic (exact) mass is 290 g/mol. The number of rotatable bonds is 5. The Balaban J connectivity index is 1.88. The van der Waals surface area contributed by atoms with Crippen molar-refractivity contribution in [3.8, 4) is 0 Å². The van der Waals surface area contributed by atoms with E-state index >= 15 is 0 Å². The van der Waals surface area contributed by atoms with E-state index in [4.69, 9.17) is 0 Å². The normalized spacial score (nSPS) is 10.6. The van der Waals surface area contributed by atoms with Gasteiger partial charge in [-0.05, 0) is 19.1 Å². The minimum Gasteiger partial charge on any atom is -0.341 e. The molecule has 2 aromatic heterocycles. The molecule has 6 heteroatoms. The fourth-order valence-corrected chi connectivity index (χ4v) is 2.56. The van der Waals surface area contributed by atoms with E-state index in [1.807, 2.05) is 44.0 Å². The van der Waals surface area contributed by atoms with E-state index in [2.05, 4.69) is 10.1 Å². The number of nitrogens with zero attached hydrogens (tertiary/aromatic N) is 4. The lowest BCUT2D eigenvalue weighted by atomic mass is 10.2. The molecule has 0 aliphatic carbocycles. The molecule has 0 N–H and O–H groups in total. The average molecular weight is 290 g/mol. The van der Waals surface area contributed by atoms with Crippen molar-refractivity contribution in [3.05, 3.63) is 42.0 Å². The molecule has 0 bridgehead atoms. The highest BCUT2D eigenvalue weighted by Crippen LogP contribution is 2.17. The van der Waals surface area contributed by atoms with Crippen molar-refractivity contribution in [2.75, 3.05) is 12.8 Å². The van der Waals surface area contributed by atoms with Gasteiger partial charge in [-0.3, -0.25) is 14.5 Å². The molecular formula is C14H18N4OS. The minimum atomic E-state index is 0.107. The molecule has 106 valence electrons. The Morgan fingerprint density at radius 3 is 2.70 bits per heavy atom. The van der Waals surface area contributed by atoms with Crippen LogP contribution >= 0.6 is 11.8 Å². The zero-order valence-electron chi connectivity index (χ0n) is 11.9. The van der Waals surface area contributed by atoms with Gasteiger partial charge in [0.1, 0.15) is 0 Å². The van der Waals surface area contributed by atoms with Crippen LogP contribution in [0.4, 0.5) is 0 Å². The predicted molar refractivity (Wildman–Crippen MR) is 79.4 cm³/mol. The van der Waals surface area contributed by atoms with E-state index in [1.54, 1.807) is 17.3 Å². The number of hydrogen-bond acceptors (Lipinski definition) is 4. The van der Waals surface area contributed by atoms with Crippen LogP contribution in [0.1, 0.15) is 11.3 Å². The highest BCUT2D eigenvalue weighted by atomic mass is 32.2. The van der Waals surface area contributed by atoms with Gasteiger partial charge in [0, 0.05) is 49.2 Å². The maximum absolute atomic E-state index is 12.1. The first-order valence-electron chi connectivity index (χ1n) is 6.32. The second-order valence-electron chi connectivity index (χ2n) is 4.60. The Morgan fingerprint density at radius 1 is 1.40 bits per heavy atom. The molecule has 0 fully saturated rings. The minimum absolute atomic E-state index is 0.107. The van der Waals surface area contributed by atoms with Crippen molar-refractivity contribution in [1.29, 1.82) is 0 Å². The number of thioether (sulfide) groups is 1. The lowest BCUT2D eigenvalue weighted by molar-refractivity contribution is -0.127. The second-order valence-corrected chi connectivity index (χ2v) is 5.65. The van der Waals surface area contributed by atoms with Crippen molar-refractivity contribution < 1.29 is 4.79 Å². The van der Waals surface area contributed by atoms with Crippen molar-refractivity contribution in [2.45, 2.75) is 18.4 Å². The van der Waals surface area contributed by atoms with Gasteiger partial charge in [-0.2, -0.15) is 5.10 Å². The zero-order valence-corrected chi connectivity index (χ0v) is 12.7. The van der Waals surface area contributed by atoms with Crippen LogP contribution in [0.15, 0.2) is 35.6 Å². The molecule has 0 saturated heterocycles. The summed E-state index contributed by atoms with van der Waals surface area (Å²) >= 11 is 1.52. The molecule has 20 heavy (non-hydrogen) atoms. The highest BCUT2D eigenvalue weighted by molar-refractivity contribution is 8.00. The van der Waals surface area contributed by atoms with E-state index in [-0.39, 0.29) is 5.91 Å². The van der Waals surface area contributed by atoms with Gasteiger partial charge in [-0.25, -0.2) is 0 Å². The molecule has 2 rings (SSSR count). The molecule has 2 heterocycles. The van der Waals surface area contributed by atoms with Crippen LogP contribution in [-0.2, 0) is 18.4 Å². The largest absolute Gasteiger partial charge is 0.341 e. The first-order valence-corrected chi connectivity index (χ1v) is 7.30. The number of aryl methyl sites for hydroxylation is 1. The quantitative estimate of drug-likeness (QED) is 0.789. The lowest BCUT2D eigenvalue weighted by Crippen LogP contribution is -2.28. The average Bonchev–Trinajstić information content (AvgIpc) is 2.78. The van der Waals surface area contributed by atoms with E-state index in [1.165, 1.54) is 11.8 Å². The molecule has 5 nitrogen and oxygen atoms in total. The third-order valence-corrected chi connectivity index (χ3v) is 4.18. The molecule has 0 unspecified atom stereocenters. The molecular weight excluding hydrogens is 272 g/mol. The first kappa shape index (κ1) is 14.6. The van der Waals surface area contributed by atoms with Crippen LogP contribution in [0.2, 0.25) is 0 Å². The Hall–Kier alpha value is -1.82. The summed E-state index contributed by atoms with van der Waals surface area (Å²) in [6.07, 6.45) is 5.28. The van der Waals surface area contributed by atoms with Gasteiger partial charge in [-0.1, -0.05) is 0 Å². The summed E-state index contributed by atoms with van der Waals surface area (Å²) in [6, 6.07) is 3.81. The van der Waals surface area contributed by atoms with Crippen LogP contribution in [0.3, 0.4) is 0 Å². The lowest BCUT2D eigenvalue weighted by Gasteiger charge is -2.16. The fourth-order valence-electron chi connectivity index (χ4n) is 1.73. The van der Waals surface area contributed by atoms with Gasteiger partial charge in [0.15, 0.2) is 0 Å². The predicted octanol–water partition coefficient (Wildman–Crippen LogP) is 1.87. The number of carbonyl (C=O) groups excluding carboxylic acids is 1. The zero-order chi connectivity index (χ0) is 14.5. The van der Waals surface area contributed by atoms with E-state index < -0.39 is 0 Å². The third kappa shape index (κ3) is 3.60. The topological polar surface area (TPSA) is 51.0 Å². The molecule has 0 radical (unpaired) electrons. The van der Waals surface area contributed by atoms with E-state index in [9.17, 15) is 4.79 Å². The van der Waals surface area contributed by atoms with Crippen molar-refractivity contribution >= 4 is 17.7 Å². The van der Waals surface area contributed by atoms with Crippen LogP contribution in [0.5, 0.6) is 0 Å². The van der Waals surface area contributed by atoms with Crippen molar-refractivity contribution in [3.63, 3.8) is 0 Å². The number of aromatic nitrogens is 3. The standard InChI is InChI=1S/C14H18N4OS/c1-11-12(8-16-18(11)3)9-17(2)14(19)10-20-13-4-6-15-7-5-13/h4-8H,9-10H2,1-3H3. The number of pyridine rings is 1. The van der Waals surface area contributed by atoms with Crippen molar-refractivity contribution in [1.82, 2.24) is 19.7 Å². The van der Waals surface area contributed by atoms with Gasteiger partial charge >= 0.3 is 0 Å². The maximum Gasteiger partial charge on any atom is 0.232 e. The SMILES string of the molecule is Cc1c(CN(C)C(=O)CSc2ccncc2)cnn1C. The molecule has 0 aliphatic rings. The summed E-state index contributed by atoms with van der Waals surface area (Å²) in [7, 11) is 3.72. The van der Waals surface area contributed by atoms with Crippen molar-refractivity contribution in [2.24, 2.45) is 7.05 Å². The second kappa shape index (κ2) is 6.56. The van der Waals surface area contributed by atoms with E-state index in [0.29, 0.717) is 12.3 Å². The smallest absolute Gasteiger partial charge is 0.232 e. The third-order valence-electron chi connectivity index (χ3n) is 3.18. The summed E-state index contributed by atoms with van der Waals surface area (Å²) < 4.78 is 1.82. The summed E-state index contributed by atoms with van der Waals surface area (Å²) in [5.74, 6) is 0.537. The number of carbonyl (C=O) groups is 1. The Bertz CT molecular complexity index is 582. The number of amides is 1. The first-order chi connectivity index (χ1) is 9.58. The van der Waals surface area contributed by atoms with Crippen LogP contribution in [0.25, 0.3) is 0 Å². The maximum atomic E-state index is 12.1. The summed E-state index contributed by atoms with van der Waals surface area (Å²) in [6.45, 7) is 2.60. The summed E-state index contributed by atoms with van der Waals surface area (Å²) in [4.78, 5) is 18.8. The van der Waals surface area contributed by atoms with Gasteiger partial charge in [0.05, 0.1) is 11.9 Å². The molecule has 1 amide bonds. The summed E-state index contributed by atoms with van der Waals surface area (Å²) in [5, 5.41) is 4.19. The van der Waals surface area contributed by atoms with Crippen LogP contribution in [-0.4, -0.2) is 38.4 Å². The van der Waals surface area contributed by atoms with Crippen LogP contribution in [0, 0.1) is 6.92 Å². The Kier molecular flexibility index (Phi) is 4.79. The fraction of sp³-hybridized carbons (Fsp3) is 0.357. The number of hydrogen-bond donors (Lipinski definition) is 0. The molecule has 0 aromatic carbocycles. The molecule has 2 aromatic rings. The van der Waals surface area contributed by atoms with E-state index in [0.717, 1.165) is 16.2 Å². The van der Waals surface area contributed by atoms with Crippen LogP contribution < -0.4 is 0 Å². The van der Waals surface area contributed by atoms with Gasteiger partial charge in [-0.15, -0.1) is 11.8 Å². The molecule has 0 atom stereocenters. The van der Waals surface area contributed by atoms with Gasteiger partial charge in [0.25, 0.3) is 0 Å². The summed E-state index contributed by atoms with van der Waals surface area (Å²) in [5.41, 5.74) is 2.17. The van der Waals surface area contributed by atoms with Gasteiger partial charge in [0.2, 0.25) is 5.91 Å². The molecule has 0 aliphatic heterocycles. The highest BCUT2D eigenvalue weighted by Gasteiger charge is 2.12. The molecule has 0 spiro atoms. The Morgan fingerprint density at radius 2 is 2.10 bits per heavy atom. The Labute approximate surface area is 123 Å².